The molecule has 0 spiro atoms. The molecule has 12 N–H and O–H groups in total. The summed E-state index contributed by atoms with van der Waals surface area (Å²) in [5, 5.41) is 126. The van der Waals surface area contributed by atoms with E-state index in [1.54, 1.807) is 13.8 Å². The molecule has 0 radical (unpaired) electrons. The molecule has 3 heterocycles. The average molecular weight is 947 g/mol. The second kappa shape index (κ2) is 19.6. The normalized spacial score (nSPS) is 50.4. The Labute approximate surface area is 388 Å². The minimum absolute atomic E-state index is 0.0113. The molecule has 0 aromatic heterocycles. The van der Waals surface area contributed by atoms with Crippen molar-refractivity contribution in [3.8, 4) is 0 Å². The van der Waals surface area contributed by atoms with E-state index < -0.39 is 129 Å². The highest BCUT2D eigenvalue weighted by Crippen LogP contribution is 2.75. The molecule has 18 nitrogen and oxygen atoms in total. The molecule has 66 heavy (non-hydrogen) atoms. The molecule has 7 rings (SSSR count). The van der Waals surface area contributed by atoms with Crippen molar-refractivity contribution in [2.75, 3.05) is 19.8 Å². The first-order valence-corrected chi connectivity index (χ1v) is 24.4. The largest absolute Gasteiger partial charge is 0.394 e. The van der Waals surface area contributed by atoms with E-state index in [1.807, 2.05) is 0 Å². The lowest BCUT2D eigenvalue weighted by atomic mass is 9.39. The van der Waals surface area contributed by atoms with Crippen LogP contribution in [-0.2, 0) is 28.4 Å². The predicted octanol–water partition coefficient (Wildman–Crippen LogP) is -0.0268. The Morgan fingerprint density at radius 3 is 1.71 bits per heavy atom. The van der Waals surface area contributed by atoms with Gasteiger partial charge in [0, 0.05) is 5.41 Å². The van der Waals surface area contributed by atoms with Gasteiger partial charge in [0.1, 0.15) is 73.2 Å². The fraction of sp³-hybridized carbons (Fsp3) is 0.958. The van der Waals surface area contributed by atoms with Crippen LogP contribution in [0.5, 0.6) is 0 Å². The standard InChI is InChI=1S/C48H82O18/c1-22(9-13-31(45(4,5)60)65-43-40(37(57)34(54)28(21-51)63-43)66-42-39(59)36(56)33(53)27(20-50)62-42)23-15-16-48(8)29-12-10-24-25(46(29,6)17-18-47(23,48)7)11-14-30(44(24,2)3)64-41-38(58)35(55)32(52)26(19-49)61-41/h10,22-23,25-43,49-60H,9,11-21H2,1-8H3. The molecule has 3 saturated carbocycles. The molecule has 7 aliphatic rings. The van der Waals surface area contributed by atoms with E-state index in [1.165, 1.54) is 5.57 Å². The Hall–Kier alpha value is -0.980. The molecule has 3 aliphatic heterocycles. The van der Waals surface area contributed by atoms with Gasteiger partial charge in [0.15, 0.2) is 18.9 Å². The lowest BCUT2D eigenvalue weighted by Crippen LogP contribution is -2.65. The molecule has 18 heteroatoms. The van der Waals surface area contributed by atoms with E-state index in [2.05, 4.69) is 47.6 Å². The van der Waals surface area contributed by atoms with Crippen LogP contribution < -0.4 is 0 Å². The van der Waals surface area contributed by atoms with Crippen LogP contribution in [0.2, 0.25) is 0 Å². The Kier molecular flexibility index (Phi) is 15.7. The quantitative estimate of drug-likeness (QED) is 0.102. The lowest BCUT2D eigenvalue weighted by molar-refractivity contribution is -0.375. The van der Waals surface area contributed by atoms with Gasteiger partial charge in [-0.15, -0.1) is 0 Å². The zero-order chi connectivity index (χ0) is 48.6. The third-order valence-corrected chi connectivity index (χ3v) is 18.6. The van der Waals surface area contributed by atoms with Gasteiger partial charge in [-0.25, -0.2) is 0 Å². The summed E-state index contributed by atoms with van der Waals surface area (Å²) in [5.41, 5.74) is -0.425. The highest BCUT2D eigenvalue weighted by molar-refractivity contribution is 5.30. The topological polar surface area (TPSA) is 298 Å². The van der Waals surface area contributed by atoms with E-state index in [-0.39, 0.29) is 28.3 Å². The number of rotatable bonds is 14. The van der Waals surface area contributed by atoms with Crippen LogP contribution in [0, 0.1) is 45.3 Å². The van der Waals surface area contributed by atoms with Gasteiger partial charge in [0.05, 0.1) is 37.6 Å². The Balaban J connectivity index is 1.04. The first-order valence-electron chi connectivity index (χ1n) is 24.4. The molecular formula is C48H82O18. The first kappa shape index (κ1) is 52.8. The molecule has 0 bridgehead atoms. The molecular weight excluding hydrogens is 865 g/mol. The minimum Gasteiger partial charge on any atom is -0.394 e. The summed E-state index contributed by atoms with van der Waals surface area (Å²) in [5.74, 6) is 1.32. The first-order chi connectivity index (χ1) is 30.8. The van der Waals surface area contributed by atoms with E-state index in [0.717, 1.165) is 44.9 Å². The van der Waals surface area contributed by atoms with E-state index in [0.29, 0.717) is 30.6 Å². The van der Waals surface area contributed by atoms with Crippen molar-refractivity contribution in [1.82, 2.24) is 0 Å². The molecule has 24 atom stereocenters. The highest BCUT2D eigenvalue weighted by Gasteiger charge is 2.68. The van der Waals surface area contributed by atoms with Crippen molar-refractivity contribution in [3.63, 3.8) is 0 Å². The number of fused-ring (bicyclic) bond motifs is 5. The van der Waals surface area contributed by atoms with Crippen LogP contribution >= 0.6 is 0 Å². The second-order valence-corrected chi connectivity index (χ2v) is 22.9. The number of aliphatic hydroxyl groups excluding tert-OH is 11. The van der Waals surface area contributed by atoms with Gasteiger partial charge < -0.3 is 89.7 Å². The van der Waals surface area contributed by atoms with Crippen molar-refractivity contribution in [1.29, 1.82) is 0 Å². The van der Waals surface area contributed by atoms with Gasteiger partial charge in [-0.05, 0) is 112 Å². The molecule has 24 unspecified atom stereocenters. The lowest BCUT2D eigenvalue weighted by Gasteiger charge is -2.66. The summed E-state index contributed by atoms with van der Waals surface area (Å²) >= 11 is 0. The average Bonchev–Trinajstić information content (AvgIpc) is 3.55. The van der Waals surface area contributed by atoms with E-state index >= 15 is 0 Å². The van der Waals surface area contributed by atoms with Gasteiger partial charge >= 0.3 is 0 Å². The van der Waals surface area contributed by atoms with Crippen molar-refractivity contribution < 1.29 is 89.7 Å². The van der Waals surface area contributed by atoms with Crippen molar-refractivity contribution >= 4 is 0 Å². The minimum atomic E-state index is -1.81. The van der Waals surface area contributed by atoms with E-state index in [9.17, 15) is 61.3 Å². The summed E-state index contributed by atoms with van der Waals surface area (Å²) < 4.78 is 36.0. The fourth-order valence-electron chi connectivity index (χ4n) is 14.2. The van der Waals surface area contributed by atoms with E-state index in [4.69, 9.17) is 28.4 Å². The van der Waals surface area contributed by atoms with Crippen LogP contribution in [0.25, 0.3) is 0 Å². The molecule has 382 valence electrons. The van der Waals surface area contributed by atoms with Crippen LogP contribution in [0.4, 0.5) is 0 Å². The smallest absolute Gasteiger partial charge is 0.187 e. The zero-order valence-electron chi connectivity index (χ0n) is 40.0. The third-order valence-electron chi connectivity index (χ3n) is 18.6. The number of hydrogen-bond donors (Lipinski definition) is 12. The third kappa shape index (κ3) is 9.01. The summed E-state index contributed by atoms with van der Waals surface area (Å²) in [6.07, 6.45) is -13.6. The highest BCUT2D eigenvalue weighted by atomic mass is 16.8. The van der Waals surface area contributed by atoms with Crippen molar-refractivity contribution in [2.24, 2.45) is 45.3 Å². The van der Waals surface area contributed by atoms with Crippen LogP contribution in [-0.4, -0.2) is 191 Å². The number of aliphatic hydroxyl groups is 12. The summed E-state index contributed by atoms with van der Waals surface area (Å²) in [7, 11) is 0. The van der Waals surface area contributed by atoms with Crippen molar-refractivity contribution in [2.45, 2.75) is 223 Å². The number of hydrogen-bond acceptors (Lipinski definition) is 18. The molecule has 0 aromatic carbocycles. The Morgan fingerprint density at radius 1 is 0.636 bits per heavy atom. The summed E-state index contributed by atoms with van der Waals surface area (Å²) in [6.45, 7) is 15.4. The fourth-order valence-corrected chi connectivity index (χ4v) is 14.2. The predicted molar refractivity (Wildman–Crippen MR) is 234 cm³/mol. The maximum Gasteiger partial charge on any atom is 0.187 e. The zero-order valence-corrected chi connectivity index (χ0v) is 40.0. The maximum absolute atomic E-state index is 11.5. The monoisotopic (exact) mass is 947 g/mol. The Bertz CT molecular complexity index is 1670. The number of ether oxygens (including phenoxy) is 6. The molecule has 6 fully saturated rings. The summed E-state index contributed by atoms with van der Waals surface area (Å²) in [6, 6.07) is 0. The van der Waals surface area contributed by atoms with Gasteiger partial charge in [0.25, 0.3) is 0 Å². The van der Waals surface area contributed by atoms with Gasteiger partial charge in [0.2, 0.25) is 0 Å². The Morgan fingerprint density at radius 2 is 1.17 bits per heavy atom. The summed E-state index contributed by atoms with van der Waals surface area (Å²) in [4.78, 5) is 0. The second-order valence-electron chi connectivity index (χ2n) is 22.9. The molecule has 4 aliphatic carbocycles. The molecule has 0 amide bonds. The molecule has 3 saturated heterocycles. The van der Waals surface area contributed by atoms with Crippen LogP contribution in [0.3, 0.4) is 0 Å². The van der Waals surface area contributed by atoms with Gasteiger partial charge in [-0.1, -0.05) is 53.2 Å². The SMILES string of the molecule is CC(CCC(OC1OC(CO)C(O)C(O)C1OC1OC(CO)C(O)C(O)C1O)C(C)(C)O)C1CCC2(C)C3CC=C4C(CCC(OC5OC(CO)C(O)C(O)C5O)C4(C)C)C3(C)CCC12C. The van der Waals surface area contributed by atoms with Crippen LogP contribution in [0.15, 0.2) is 11.6 Å². The molecule has 0 aromatic rings. The number of allylic oxidation sites excluding steroid dienone is 1. The maximum atomic E-state index is 11.5. The van der Waals surface area contributed by atoms with Crippen LogP contribution in [0.1, 0.15) is 113 Å². The van der Waals surface area contributed by atoms with Gasteiger partial charge in [-0.2, -0.15) is 0 Å². The van der Waals surface area contributed by atoms with Crippen molar-refractivity contribution in [3.05, 3.63) is 11.6 Å². The van der Waals surface area contributed by atoms with Gasteiger partial charge in [-0.3, -0.25) is 0 Å².